The maximum Gasteiger partial charge on any atom is 1.00 e. The largest absolute Gasteiger partial charge is 1.00 e. The van der Waals surface area contributed by atoms with Gasteiger partial charge in [-0.1, -0.05) is 104 Å². The fourth-order valence-electron chi connectivity index (χ4n) is 6.15. The van der Waals surface area contributed by atoms with Crippen LogP contribution in [0.15, 0.2) is 0 Å². The number of aliphatic hydroxyl groups is 7. The molecule has 0 aromatic rings. The molecule has 0 spiro atoms. The van der Waals surface area contributed by atoms with E-state index in [2.05, 4.69) is 6.92 Å². The Bertz CT molecular complexity index is 1030. The Morgan fingerprint density at radius 3 is 1.65 bits per heavy atom. The minimum Gasteiger partial charge on any atom is -0.756 e. The van der Waals surface area contributed by atoms with Crippen molar-refractivity contribution in [3.63, 3.8) is 0 Å². The summed E-state index contributed by atoms with van der Waals surface area (Å²) >= 11 is 0. The van der Waals surface area contributed by atoms with Crippen LogP contribution in [-0.2, 0) is 42.1 Å². The van der Waals surface area contributed by atoms with Crippen LogP contribution in [0.4, 0.5) is 0 Å². The number of hydrogen-bond donors (Lipinski definition) is 7. The Labute approximate surface area is 348 Å². The summed E-state index contributed by atoms with van der Waals surface area (Å²) < 4.78 is 48.5. The van der Waals surface area contributed by atoms with Crippen molar-refractivity contribution in [1.29, 1.82) is 0 Å². The van der Waals surface area contributed by atoms with Crippen molar-refractivity contribution in [3.05, 3.63) is 0 Å². The van der Waals surface area contributed by atoms with E-state index in [-0.39, 0.29) is 48.7 Å². The molecule has 55 heavy (non-hydrogen) atoms. The minimum absolute atomic E-state index is 0. The molecular formula is C36H68NaO17P. The maximum absolute atomic E-state index is 12.2. The van der Waals surface area contributed by atoms with Gasteiger partial charge in [0.2, 0.25) is 0 Å². The van der Waals surface area contributed by atoms with Crippen molar-refractivity contribution in [3.8, 4) is 0 Å². The third-order valence-electron chi connectivity index (χ3n) is 9.59. The predicted molar refractivity (Wildman–Crippen MR) is 192 cm³/mol. The number of aliphatic hydroxyl groups excluding tert-OH is 7. The molecule has 17 nitrogen and oxygen atoms in total. The van der Waals surface area contributed by atoms with E-state index in [1.165, 1.54) is 77.0 Å². The monoisotopic (exact) mass is 826 g/mol. The molecule has 12 atom stereocenters. The van der Waals surface area contributed by atoms with E-state index in [4.69, 9.17) is 32.7 Å². The molecule has 2 fully saturated rings. The zero-order valence-corrected chi connectivity index (χ0v) is 36.0. The van der Waals surface area contributed by atoms with E-state index < -0.39 is 102 Å². The van der Waals surface area contributed by atoms with Gasteiger partial charge in [-0.2, -0.15) is 0 Å². The molecule has 320 valence electrons. The Hall–Kier alpha value is 0.140. The van der Waals surface area contributed by atoms with Gasteiger partial charge in [-0.15, -0.1) is 0 Å². The van der Waals surface area contributed by atoms with Crippen molar-refractivity contribution in [2.24, 2.45) is 5.92 Å². The number of esters is 1. The molecule has 0 radical (unpaired) electrons. The SMILES string of the molecule is CCCCCCCCCCCCCCCCCC(=O)OC[C@@H](C)COP(=O)([O-])OCCOC1OC(COC2OC(CO)C(O)C(O)C2O)C(O)C(O)C1O.[Na+]. The molecule has 0 saturated carbocycles. The van der Waals surface area contributed by atoms with Gasteiger partial charge in [0, 0.05) is 12.3 Å². The van der Waals surface area contributed by atoms with Crippen molar-refractivity contribution in [1.82, 2.24) is 0 Å². The summed E-state index contributed by atoms with van der Waals surface area (Å²) in [4.78, 5) is 24.3. The van der Waals surface area contributed by atoms with E-state index in [9.17, 15) is 50.0 Å². The molecule has 0 bridgehead atoms. The summed E-state index contributed by atoms with van der Waals surface area (Å²) in [5.41, 5.74) is 0. The van der Waals surface area contributed by atoms with Crippen LogP contribution in [0.5, 0.6) is 0 Å². The summed E-state index contributed by atoms with van der Waals surface area (Å²) in [5.74, 6) is -0.777. The molecule has 0 aromatic heterocycles. The molecule has 2 aliphatic heterocycles. The molecule has 19 heteroatoms. The summed E-state index contributed by atoms with van der Waals surface area (Å²) in [6.45, 7) is 1.33. The van der Waals surface area contributed by atoms with Crippen LogP contribution >= 0.6 is 7.82 Å². The van der Waals surface area contributed by atoms with Crippen LogP contribution in [0.2, 0.25) is 0 Å². The van der Waals surface area contributed by atoms with Gasteiger partial charge < -0.3 is 73.4 Å². The third kappa shape index (κ3) is 21.3. The van der Waals surface area contributed by atoms with E-state index in [1.54, 1.807) is 6.92 Å². The molecule has 11 unspecified atom stereocenters. The first-order chi connectivity index (χ1) is 25.8. The predicted octanol–water partition coefficient (Wildman–Crippen LogP) is -1.43. The number of ether oxygens (including phenoxy) is 5. The molecule has 7 N–H and O–H groups in total. The second-order valence-corrected chi connectivity index (χ2v) is 15.9. The Morgan fingerprint density at radius 2 is 1.13 bits per heavy atom. The summed E-state index contributed by atoms with van der Waals surface area (Å²) in [7, 11) is -4.79. The Morgan fingerprint density at radius 1 is 0.655 bits per heavy atom. The number of unbranched alkanes of at least 4 members (excludes halogenated alkanes) is 14. The quantitative estimate of drug-likeness (QED) is 0.0190. The van der Waals surface area contributed by atoms with Gasteiger partial charge in [0.15, 0.2) is 12.6 Å². The molecule has 2 rings (SSSR count). The summed E-state index contributed by atoms with van der Waals surface area (Å²) in [6, 6.07) is 0. The second-order valence-electron chi connectivity index (χ2n) is 14.5. The topological polar surface area (TPSA) is 263 Å². The Balaban J connectivity index is 0.0000151. The maximum atomic E-state index is 12.2. The van der Waals surface area contributed by atoms with Crippen LogP contribution in [0.1, 0.15) is 117 Å². The van der Waals surface area contributed by atoms with Crippen molar-refractivity contribution in [2.75, 3.05) is 39.6 Å². The van der Waals surface area contributed by atoms with Gasteiger partial charge in [0.05, 0.1) is 39.6 Å². The molecule has 2 saturated heterocycles. The van der Waals surface area contributed by atoms with Gasteiger partial charge in [-0.3, -0.25) is 9.36 Å². The standard InChI is InChI=1S/C36H69O17P.Na/c1-3-4-5-6-7-8-9-10-11-12-13-14-15-16-17-18-28(38)48-22-25(2)23-51-54(45,46)50-20-19-47-35-33(43)32(42)30(40)27(53-35)24-49-36-34(44)31(41)29(39)26(21-37)52-36;/h25-27,29-37,39-44H,3-24H2,1-2H3,(H,45,46);/q;+1/p-1/t25-,26?,27?,29?,30?,31?,32?,33?,34?,35?,36?;/m1./s1. The van der Waals surface area contributed by atoms with Gasteiger partial charge in [0.1, 0.15) is 48.8 Å². The zero-order chi connectivity index (χ0) is 39.9. The fourth-order valence-corrected chi connectivity index (χ4v) is 6.96. The third-order valence-corrected chi connectivity index (χ3v) is 10.6. The van der Waals surface area contributed by atoms with E-state index in [0.717, 1.165) is 19.3 Å². The number of carbonyl (C=O) groups is 1. The first-order valence-corrected chi connectivity index (χ1v) is 21.3. The number of hydrogen-bond acceptors (Lipinski definition) is 17. The molecule has 0 aromatic carbocycles. The van der Waals surface area contributed by atoms with Crippen molar-refractivity contribution >= 4 is 13.8 Å². The minimum atomic E-state index is -4.79. The van der Waals surface area contributed by atoms with Crippen LogP contribution < -0.4 is 34.5 Å². The molecule has 0 aliphatic carbocycles. The molecule has 2 aliphatic rings. The Kier molecular flexibility index (Phi) is 29.2. The summed E-state index contributed by atoms with van der Waals surface area (Å²) in [6.07, 6.45) is 2.84. The first-order valence-electron chi connectivity index (χ1n) is 19.8. The number of rotatable bonds is 30. The second kappa shape index (κ2) is 30.2. The van der Waals surface area contributed by atoms with Gasteiger partial charge in [-0.25, -0.2) is 0 Å². The van der Waals surface area contributed by atoms with Crippen molar-refractivity contribution in [2.45, 2.75) is 178 Å². The summed E-state index contributed by atoms with van der Waals surface area (Å²) in [5, 5.41) is 70.2. The van der Waals surface area contributed by atoms with Crippen LogP contribution in [0, 0.1) is 5.92 Å². The molecular weight excluding hydrogens is 758 g/mol. The van der Waals surface area contributed by atoms with E-state index >= 15 is 0 Å². The molecule has 2 heterocycles. The van der Waals surface area contributed by atoms with E-state index in [1.807, 2.05) is 0 Å². The van der Waals surface area contributed by atoms with Crippen LogP contribution in [0.3, 0.4) is 0 Å². The number of carbonyl (C=O) groups excluding carboxylic acids is 1. The first kappa shape index (κ1) is 53.2. The van der Waals surface area contributed by atoms with Gasteiger partial charge >= 0.3 is 35.5 Å². The van der Waals surface area contributed by atoms with Crippen molar-refractivity contribution < 1.29 is 112 Å². The average Bonchev–Trinajstić information content (AvgIpc) is 3.15. The molecule has 0 amide bonds. The number of phosphoric acid groups is 1. The smallest absolute Gasteiger partial charge is 0.756 e. The van der Waals surface area contributed by atoms with Crippen LogP contribution in [0.25, 0.3) is 0 Å². The van der Waals surface area contributed by atoms with Gasteiger partial charge in [0.25, 0.3) is 7.82 Å². The number of phosphoric ester groups is 1. The fraction of sp³-hybridized carbons (Fsp3) is 0.972. The van der Waals surface area contributed by atoms with Gasteiger partial charge in [-0.05, 0) is 6.42 Å². The normalized spacial score (nSPS) is 30.0. The zero-order valence-electron chi connectivity index (χ0n) is 33.1. The average molecular weight is 827 g/mol. The van der Waals surface area contributed by atoms with E-state index in [0.29, 0.717) is 6.42 Å². The van der Waals surface area contributed by atoms with Crippen LogP contribution in [-0.4, -0.2) is 143 Å².